The van der Waals surface area contributed by atoms with E-state index < -0.39 is 0 Å². The number of piperidine rings is 1. The van der Waals surface area contributed by atoms with Gasteiger partial charge in [0.15, 0.2) is 0 Å². The number of aliphatic hydroxyl groups is 1. The minimum Gasteiger partial charge on any atom is -0.393 e. The summed E-state index contributed by atoms with van der Waals surface area (Å²) in [6, 6.07) is 0.324. The fourth-order valence-corrected chi connectivity index (χ4v) is 5.34. The molecule has 1 aliphatic carbocycles. The van der Waals surface area contributed by atoms with Gasteiger partial charge in [0.2, 0.25) is 5.91 Å². The van der Waals surface area contributed by atoms with Crippen LogP contribution in [0.1, 0.15) is 44.9 Å². The van der Waals surface area contributed by atoms with Crippen molar-refractivity contribution in [3.63, 3.8) is 0 Å². The number of allylic oxidation sites excluding steroid dienone is 2. The monoisotopic (exact) mass is 365 g/mol. The highest BCUT2D eigenvalue weighted by molar-refractivity contribution is 6.30. The first-order chi connectivity index (χ1) is 12.1. The summed E-state index contributed by atoms with van der Waals surface area (Å²) >= 11 is 6.40. The largest absolute Gasteiger partial charge is 0.393 e. The maximum absolute atomic E-state index is 13.3. The van der Waals surface area contributed by atoms with Crippen LogP contribution in [-0.4, -0.2) is 58.8 Å². The number of dihydropyridines is 1. The molecule has 0 bridgehead atoms. The quantitative estimate of drug-likeness (QED) is 0.787. The maximum Gasteiger partial charge on any atom is 0.230 e. The molecule has 0 radical (unpaired) electrons. The molecule has 5 nitrogen and oxygen atoms in total. The molecule has 3 heterocycles. The number of carbonyl (C=O) groups is 1. The van der Waals surface area contributed by atoms with Gasteiger partial charge in [-0.2, -0.15) is 0 Å². The molecular formula is C19H28ClN3O2. The number of hydrogen-bond acceptors (Lipinski definition) is 4. The molecule has 1 unspecified atom stereocenters. The first kappa shape index (κ1) is 17.4. The highest BCUT2D eigenvalue weighted by Crippen LogP contribution is 2.43. The Morgan fingerprint density at radius 3 is 2.76 bits per heavy atom. The van der Waals surface area contributed by atoms with E-state index in [-0.39, 0.29) is 17.7 Å². The highest BCUT2D eigenvalue weighted by Gasteiger charge is 2.51. The molecule has 0 aromatic heterocycles. The number of carbonyl (C=O) groups excluding carboxylic acids is 1. The Hall–Kier alpha value is -1.04. The lowest BCUT2D eigenvalue weighted by Gasteiger charge is -2.43. The topological polar surface area (TPSA) is 55.8 Å². The van der Waals surface area contributed by atoms with Crippen molar-refractivity contribution in [2.75, 3.05) is 19.6 Å². The molecule has 1 amide bonds. The van der Waals surface area contributed by atoms with Crippen molar-refractivity contribution in [2.24, 2.45) is 5.41 Å². The fraction of sp³-hybridized carbons (Fsp3) is 0.737. The normalized spacial score (nSPS) is 39.6. The summed E-state index contributed by atoms with van der Waals surface area (Å²) in [5, 5.41) is 13.9. The Morgan fingerprint density at radius 2 is 2.00 bits per heavy atom. The van der Waals surface area contributed by atoms with Crippen molar-refractivity contribution in [3.8, 4) is 0 Å². The Morgan fingerprint density at radius 1 is 1.20 bits per heavy atom. The van der Waals surface area contributed by atoms with Crippen molar-refractivity contribution in [1.29, 1.82) is 0 Å². The third-order valence-electron chi connectivity index (χ3n) is 6.49. The summed E-state index contributed by atoms with van der Waals surface area (Å²) in [4.78, 5) is 17.8. The minimum absolute atomic E-state index is 0.00415. The molecule has 2 atom stereocenters. The van der Waals surface area contributed by atoms with Gasteiger partial charge in [0.1, 0.15) is 6.17 Å². The van der Waals surface area contributed by atoms with E-state index in [1.54, 1.807) is 0 Å². The van der Waals surface area contributed by atoms with Crippen molar-refractivity contribution >= 4 is 17.5 Å². The molecule has 1 saturated carbocycles. The Balaban J connectivity index is 1.45. The summed E-state index contributed by atoms with van der Waals surface area (Å²) in [7, 11) is 0. The second-order valence-electron chi connectivity index (χ2n) is 8.05. The summed E-state index contributed by atoms with van der Waals surface area (Å²) in [6.07, 6.45) is 12.1. The molecule has 0 aromatic carbocycles. The molecule has 6 heteroatoms. The Labute approximate surface area is 154 Å². The summed E-state index contributed by atoms with van der Waals surface area (Å²) in [5.74, 6) is 0.338. The van der Waals surface area contributed by atoms with E-state index in [4.69, 9.17) is 11.6 Å². The van der Waals surface area contributed by atoms with Crippen molar-refractivity contribution < 1.29 is 9.90 Å². The molecule has 25 heavy (non-hydrogen) atoms. The zero-order valence-corrected chi connectivity index (χ0v) is 15.4. The average molecular weight is 366 g/mol. The van der Waals surface area contributed by atoms with Gasteiger partial charge < -0.3 is 15.3 Å². The number of nitrogens with zero attached hydrogens (tertiary/aromatic N) is 2. The molecule has 1 spiro atoms. The molecule has 4 rings (SSSR count). The SMILES string of the molecule is O=C1N(C2CCC(O)CC2)CC[C@@]12CCCN(C1NC=CC=C1Cl)C2. The molecule has 0 aromatic rings. The van der Waals surface area contributed by atoms with Crippen molar-refractivity contribution in [3.05, 3.63) is 23.4 Å². The van der Waals surface area contributed by atoms with Crippen molar-refractivity contribution in [2.45, 2.75) is 63.3 Å². The molecule has 3 fully saturated rings. The summed E-state index contributed by atoms with van der Waals surface area (Å²) in [6.45, 7) is 2.63. The third kappa shape index (κ3) is 3.22. The Kier molecular flexibility index (Phi) is 4.82. The van der Waals surface area contributed by atoms with Crippen LogP contribution in [0.25, 0.3) is 0 Å². The molecular weight excluding hydrogens is 338 g/mol. The van der Waals surface area contributed by atoms with Crippen LogP contribution in [-0.2, 0) is 4.79 Å². The van der Waals surface area contributed by atoms with Gasteiger partial charge in [0.05, 0.1) is 16.6 Å². The first-order valence-corrected chi connectivity index (χ1v) is 9.98. The van der Waals surface area contributed by atoms with Crippen LogP contribution in [0.15, 0.2) is 23.4 Å². The maximum atomic E-state index is 13.3. The summed E-state index contributed by atoms with van der Waals surface area (Å²) in [5.41, 5.74) is -0.242. The van der Waals surface area contributed by atoms with Gasteiger partial charge in [-0.15, -0.1) is 0 Å². The second-order valence-corrected chi connectivity index (χ2v) is 8.48. The number of amides is 1. The van der Waals surface area contributed by atoms with Crippen LogP contribution in [0, 0.1) is 5.41 Å². The third-order valence-corrected chi connectivity index (χ3v) is 6.82. The summed E-state index contributed by atoms with van der Waals surface area (Å²) < 4.78 is 0. The lowest BCUT2D eigenvalue weighted by molar-refractivity contribution is -0.142. The number of rotatable bonds is 2. The smallest absolute Gasteiger partial charge is 0.230 e. The second kappa shape index (κ2) is 6.93. The number of aliphatic hydroxyl groups excluding tert-OH is 1. The van der Waals surface area contributed by atoms with Crippen molar-refractivity contribution in [1.82, 2.24) is 15.1 Å². The molecule has 2 N–H and O–H groups in total. The van der Waals surface area contributed by atoms with E-state index in [9.17, 15) is 9.90 Å². The predicted octanol–water partition coefficient (Wildman–Crippen LogP) is 2.17. The number of halogens is 1. The van der Waals surface area contributed by atoms with E-state index in [0.717, 1.165) is 69.6 Å². The van der Waals surface area contributed by atoms with E-state index in [0.29, 0.717) is 11.9 Å². The fourth-order valence-electron chi connectivity index (χ4n) is 5.07. The van der Waals surface area contributed by atoms with Gasteiger partial charge in [0, 0.05) is 25.7 Å². The Bertz CT molecular complexity index is 585. The lowest BCUT2D eigenvalue weighted by atomic mass is 9.78. The van der Waals surface area contributed by atoms with E-state index in [2.05, 4.69) is 15.1 Å². The van der Waals surface area contributed by atoms with E-state index in [1.165, 1.54) is 0 Å². The van der Waals surface area contributed by atoms with Crippen LogP contribution in [0.2, 0.25) is 0 Å². The molecule has 4 aliphatic rings. The van der Waals surface area contributed by atoms with Gasteiger partial charge in [-0.05, 0) is 63.3 Å². The van der Waals surface area contributed by atoms with E-state index >= 15 is 0 Å². The van der Waals surface area contributed by atoms with Gasteiger partial charge in [0.25, 0.3) is 0 Å². The molecule has 2 saturated heterocycles. The van der Waals surface area contributed by atoms with E-state index in [1.807, 2.05) is 18.4 Å². The van der Waals surface area contributed by atoms with Crippen LogP contribution in [0.4, 0.5) is 0 Å². The lowest BCUT2D eigenvalue weighted by Crippen LogP contribution is -2.55. The van der Waals surface area contributed by atoms with Gasteiger partial charge in [-0.25, -0.2) is 0 Å². The molecule has 138 valence electrons. The van der Waals surface area contributed by atoms with Crippen LogP contribution >= 0.6 is 11.6 Å². The highest BCUT2D eigenvalue weighted by atomic mass is 35.5. The number of likely N-dealkylation sites (tertiary alicyclic amines) is 2. The first-order valence-electron chi connectivity index (χ1n) is 9.61. The predicted molar refractivity (Wildman–Crippen MR) is 97.8 cm³/mol. The minimum atomic E-state index is -0.242. The van der Waals surface area contributed by atoms with Gasteiger partial charge in [-0.1, -0.05) is 11.6 Å². The zero-order chi connectivity index (χ0) is 17.4. The van der Waals surface area contributed by atoms with Gasteiger partial charge in [-0.3, -0.25) is 9.69 Å². The average Bonchev–Trinajstić information content (AvgIpc) is 2.92. The zero-order valence-electron chi connectivity index (χ0n) is 14.7. The number of nitrogens with one attached hydrogen (secondary N) is 1. The molecule has 3 aliphatic heterocycles. The van der Waals surface area contributed by atoms with Gasteiger partial charge >= 0.3 is 0 Å². The van der Waals surface area contributed by atoms with Crippen LogP contribution in [0.3, 0.4) is 0 Å². The standard InChI is InChI=1S/C19H28ClN3O2/c20-16-3-1-10-21-17(16)22-11-2-8-19(13-22)9-12-23(18(19)25)14-4-6-15(24)7-5-14/h1,3,10,14-15,17,21,24H,2,4-9,11-13H2/t14?,15?,17?,19-/m1/s1. The van der Waals surface area contributed by atoms with Crippen LogP contribution < -0.4 is 5.32 Å². The number of hydrogen-bond donors (Lipinski definition) is 2. The van der Waals surface area contributed by atoms with Crippen LogP contribution in [0.5, 0.6) is 0 Å².